The van der Waals surface area contributed by atoms with Crippen LogP contribution in [-0.4, -0.2) is 23.5 Å². The zero-order chi connectivity index (χ0) is 10.1. The Morgan fingerprint density at radius 1 is 1.46 bits per heavy atom. The molecule has 0 aliphatic heterocycles. The van der Waals surface area contributed by atoms with E-state index in [0.717, 1.165) is 0 Å². The smallest absolute Gasteiger partial charge is 0.342 e. The molecule has 0 atom stereocenters. The average Bonchev–Trinajstić information content (AvgIpc) is 2.67. The molecule has 0 saturated heterocycles. The predicted octanol–water partition coefficient (Wildman–Crippen LogP) is 1.83. The molecule has 0 aromatic heterocycles. The van der Waals surface area contributed by atoms with Gasteiger partial charge in [0.05, 0.1) is 0 Å². The number of halogens is 4. The zero-order valence-corrected chi connectivity index (χ0v) is 7.50. The summed E-state index contributed by atoms with van der Waals surface area (Å²) in [5, 5.41) is 1.96. The summed E-state index contributed by atoms with van der Waals surface area (Å²) in [6, 6.07) is 0. The highest BCUT2D eigenvalue weighted by Crippen LogP contribution is 2.48. The Labute approximate surface area is 78.4 Å². The van der Waals surface area contributed by atoms with Crippen molar-refractivity contribution in [3.63, 3.8) is 0 Å². The third-order valence-corrected chi connectivity index (χ3v) is 2.18. The molecule has 1 N–H and O–H groups in total. The molecule has 1 amide bonds. The van der Waals surface area contributed by atoms with Gasteiger partial charge in [-0.2, -0.15) is 13.2 Å². The van der Waals surface area contributed by atoms with Gasteiger partial charge >= 0.3 is 6.18 Å². The summed E-state index contributed by atoms with van der Waals surface area (Å²) in [7, 11) is 0. The van der Waals surface area contributed by atoms with Gasteiger partial charge in [-0.25, -0.2) is 0 Å². The normalized spacial score (nSPS) is 19.7. The van der Waals surface area contributed by atoms with E-state index < -0.39 is 17.6 Å². The maximum absolute atomic E-state index is 12.2. The lowest BCUT2D eigenvalue weighted by molar-refractivity contribution is -0.170. The monoisotopic (exact) mass is 215 g/mol. The Balaban J connectivity index is 2.49. The number of rotatable bonds is 3. The lowest BCUT2D eigenvalue weighted by atomic mass is 10.2. The van der Waals surface area contributed by atoms with Crippen molar-refractivity contribution in [3.8, 4) is 0 Å². The van der Waals surface area contributed by atoms with Crippen LogP contribution in [0.2, 0.25) is 0 Å². The van der Waals surface area contributed by atoms with E-state index in [2.05, 4.69) is 0 Å². The molecule has 0 spiro atoms. The molecule has 76 valence electrons. The summed E-state index contributed by atoms with van der Waals surface area (Å²) >= 11 is 5.22. The Morgan fingerprint density at radius 3 is 2.31 bits per heavy atom. The van der Waals surface area contributed by atoms with Gasteiger partial charge in [0.25, 0.3) is 0 Å². The first-order valence-electron chi connectivity index (χ1n) is 3.85. The first-order valence-corrected chi connectivity index (χ1v) is 4.38. The van der Waals surface area contributed by atoms with Crippen LogP contribution in [0.4, 0.5) is 13.2 Å². The van der Waals surface area contributed by atoms with E-state index in [1.54, 1.807) is 0 Å². The SMILES string of the molecule is O=C(CCCl)NC1(C(F)(F)F)CC1. The number of hydrogen-bond donors (Lipinski definition) is 1. The highest BCUT2D eigenvalue weighted by Gasteiger charge is 2.64. The van der Waals surface area contributed by atoms with Gasteiger partial charge in [0.15, 0.2) is 0 Å². The number of carbonyl (C=O) groups is 1. The van der Waals surface area contributed by atoms with Crippen LogP contribution >= 0.6 is 11.6 Å². The second-order valence-corrected chi connectivity index (χ2v) is 3.44. The summed E-state index contributed by atoms with van der Waals surface area (Å²) in [5.41, 5.74) is -1.95. The topological polar surface area (TPSA) is 29.1 Å². The van der Waals surface area contributed by atoms with Gasteiger partial charge in [-0.1, -0.05) is 0 Å². The fourth-order valence-electron chi connectivity index (χ4n) is 1.02. The van der Waals surface area contributed by atoms with Crippen molar-refractivity contribution >= 4 is 17.5 Å². The molecule has 13 heavy (non-hydrogen) atoms. The summed E-state index contributed by atoms with van der Waals surface area (Å²) in [6.07, 6.45) is -4.45. The molecule has 6 heteroatoms. The van der Waals surface area contributed by atoms with Crippen molar-refractivity contribution in [2.45, 2.75) is 31.0 Å². The van der Waals surface area contributed by atoms with Gasteiger partial charge in [-0.15, -0.1) is 11.6 Å². The molecule has 0 unspecified atom stereocenters. The van der Waals surface area contributed by atoms with Crippen molar-refractivity contribution in [1.29, 1.82) is 0 Å². The minimum atomic E-state index is -4.34. The number of nitrogens with one attached hydrogen (secondary N) is 1. The third kappa shape index (κ3) is 2.27. The molecule has 0 heterocycles. The van der Waals surface area contributed by atoms with Crippen LogP contribution in [0.5, 0.6) is 0 Å². The second kappa shape index (κ2) is 3.36. The van der Waals surface area contributed by atoms with Crippen molar-refractivity contribution in [2.75, 3.05) is 5.88 Å². The first kappa shape index (κ1) is 10.6. The molecular formula is C7H9ClF3NO. The highest BCUT2D eigenvalue weighted by atomic mass is 35.5. The van der Waals surface area contributed by atoms with E-state index in [9.17, 15) is 18.0 Å². The van der Waals surface area contributed by atoms with Gasteiger partial charge in [0.1, 0.15) is 5.54 Å². The average molecular weight is 216 g/mol. The quantitative estimate of drug-likeness (QED) is 0.715. The maximum atomic E-state index is 12.2. The Morgan fingerprint density at radius 2 is 2.00 bits per heavy atom. The van der Waals surface area contributed by atoms with Crippen molar-refractivity contribution < 1.29 is 18.0 Å². The lowest BCUT2D eigenvalue weighted by Crippen LogP contribution is -2.47. The first-order chi connectivity index (χ1) is 5.91. The zero-order valence-electron chi connectivity index (χ0n) is 6.75. The van der Waals surface area contributed by atoms with Crippen LogP contribution in [0.3, 0.4) is 0 Å². The summed E-state index contributed by atoms with van der Waals surface area (Å²) in [6.45, 7) is 0. The van der Waals surface area contributed by atoms with E-state index in [0.29, 0.717) is 0 Å². The molecule has 1 aliphatic carbocycles. The van der Waals surface area contributed by atoms with E-state index in [1.807, 2.05) is 5.32 Å². The van der Waals surface area contributed by atoms with Gasteiger partial charge in [-0.05, 0) is 12.8 Å². The third-order valence-electron chi connectivity index (χ3n) is 1.99. The van der Waals surface area contributed by atoms with Gasteiger partial charge < -0.3 is 5.32 Å². The predicted molar refractivity (Wildman–Crippen MR) is 41.5 cm³/mol. The van der Waals surface area contributed by atoms with Gasteiger partial charge in [-0.3, -0.25) is 4.79 Å². The molecule has 0 bridgehead atoms. The van der Waals surface area contributed by atoms with Crippen LogP contribution < -0.4 is 5.32 Å². The molecule has 0 aromatic rings. The number of alkyl halides is 4. The molecule has 0 radical (unpaired) electrons. The standard InChI is InChI=1S/C7H9ClF3NO/c8-4-1-5(13)12-6(2-3-6)7(9,10)11/h1-4H2,(H,12,13). The van der Waals surface area contributed by atoms with Crippen LogP contribution in [0.25, 0.3) is 0 Å². The van der Waals surface area contributed by atoms with Gasteiger partial charge in [0.2, 0.25) is 5.91 Å². The molecule has 1 saturated carbocycles. The van der Waals surface area contributed by atoms with Crippen molar-refractivity contribution in [2.24, 2.45) is 0 Å². The van der Waals surface area contributed by atoms with E-state index in [4.69, 9.17) is 11.6 Å². The largest absolute Gasteiger partial charge is 0.411 e. The Bertz CT molecular complexity index is 212. The Kier molecular flexibility index (Phi) is 2.75. The minimum Gasteiger partial charge on any atom is -0.342 e. The van der Waals surface area contributed by atoms with E-state index in [1.165, 1.54) is 0 Å². The van der Waals surface area contributed by atoms with Crippen LogP contribution in [-0.2, 0) is 4.79 Å². The van der Waals surface area contributed by atoms with Crippen molar-refractivity contribution in [1.82, 2.24) is 5.32 Å². The molecule has 1 rings (SSSR count). The summed E-state index contributed by atoms with van der Waals surface area (Å²) in [4.78, 5) is 10.8. The summed E-state index contributed by atoms with van der Waals surface area (Å²) in [5.74, 6) is -0.593. The molecular weight excluding hydrogens is 207 g/mol. The van der Waals surface area contributed by atoms with Crippen molar-refractivity contribution in [3.05, 3.63) is 0 Å². The molecule has 0 aromatic carbocycles. The number of amides is 1. The molecule has 1 aliphatic rings. The van der Waals surface area contributed by atoms with Gasteiger partial charge in [0, 0.05) is 12.3 Å². The Hall–Kier alpha value is -0.450. The molecule has 2 nitrogen and oxygen atoms in total. The second-order valence-electron chi connectivity index (χ2n) is 3.07. The summed E-state index contributed by atoms with van der Waals surface area (Å²) < 4.78 is 36.7. The fraction of sp³-hybridized carbons (Fsp3) is 0.857. The minimum absolute atomic E-state index is 0.0233. The lowest BCUT2D eigenvalue weighted by Gasteiger charge is -2.20. The van der Waals surface area contributed by atoms with Crippen LogP contribution in [0.1, 0.15) is 19.3 Å². The maximum Gasteiger partial charge on any atom is 0.411 e. The highest BCUT2D eigenvalue weighted by molar-refractivity contribution is 6.18. The number of carbonyl (C=O) groups excluding carboxylic acids is 1. The van der Waals surface area contributed by atoms with E-state index >= 15 is 0 Å². The van der Waals surface area contributed by atoms with Crippen LogP contribution in [0, 0.1) is 0 Å². The molecule has 1 fully saturated rings. The van der Waals surface area contributed by atoms with Crippen LogP contribution in [0.15, 0.2) is 0 Å². The fourth-order valence-corrected chi connectivity index (χ4v) is 1.19. The van der Waals surface area contributed by atoms with E-state index in [-0.39, 0.29) is 25.1 Å². The number of hydrogen-bond acceptors (Lipinski definition) is 1.